The standard InChI is InChI=1S/C8H16O6/c9-4-3-6(11)8(14)5(10)1-2-7(12)13/h5-6,8-11,14H,1-4H2,(H,12,13)/t5?,6-,8+/m1/s1. The smallest absolute Gasteiger partial charge is 0.303 e. The van der Waals surface area contributed by atoms with Gasteiger partial charge < -0.3 is 25.5 Å². The monoisotopic (exact) mass is 208 g/mol. The van der Waals surface area contributed by atoms with Crippen molar-refractivity contribution in [3.8, 4) is 0 Å². The molecule has 0 amide bonds. The molecule has 0 saturated carbocycles. The van der Waals surface area contributed by atoms with Crippen molar-refractivity contribution in [3.63, 3.8) is 0 Å². The van der Waals surface area contributed by atoms with Crippen LogP contribution in [0.2, 0.25) is 0 Å². The van der Waals surface area contributed by atoms with Crippen LogP contribution in [-0.2, 0) is 4.79 Å². The molecule has 3 atom stereocenters. The molecule has 0 aromatic carbocycles. The summed E-state index contributed by atoms with van der Waals surface area (Å²) in [5.41, 5.74) is 0. The molecule has 0 rings (SSSR count). The molecule has 6 nitrogen and oxygen atoms in total. The molecule has 6 heteroatoms. The van der Waals surface area contributed by atoms with Crippen molar-refractivity contribution < 1.29 is 30.3 Å². The number of carboxylic acid groups (broad SMARTS) is 1. The molecule has 0 aliphatic heterocycles. The largest absolute Gasteiger partial charge is 0.481 e. The Labute approximate surface area is 81.4 Å². The van der Waals surface area contributed by atoms with Crippen molar-refractivity contribution >= 4 is 5.97 Å². The van der Waals surface area contributed by atoms with Crippen molar-refractivity contribution in [1.29, 1.82) is 0 Å². The summed E-state index contributed by atoms with van der Waals surface area (Å²) in [6.45, 7) is -0.302. The van der Waals surface area contributed by atoms with Gasteiger partial charge in [0.25, 0.3) is 0 Å². The van der Waals surface area contributed by atoms with Gasteiger partial charge in [0.2, 0.25) is 0 Å². The van der Waals surface area contributed by atoms with E-state index in [1.165, 1.54) is 0 Å². The van der Waals surface area contributed by atoms with E-state index in [-0.39, 0.29) is 25.9 Å². The lowest BCUT2D eigenvalue weighted by molar-refractivity contribution is -0.138. The summed E-state index contributed by atoms with van der Waals surface area (Å²) in [7, 11) is 0. The molecule has 0 aromatic heterocycles. The Morgan fingerprint density at radius 2 is 1.57 bits per heavy atom. The lowest BCUT2D eigenvalue weighted by Crippen LogP contribution is -2.38. The highest BCUT2D eigenvalue weighted by Gasteiger charge is 2.24. The lowest BCUT2D eigenvalue weighted by Gasteiger charge is -2.21. The van der Waals surface area contributed by atoms with Crippen LogP contribution in [0.3, 0.4) is 0 Å². The Kier molecular flexibility index (Phi) is 6.39. The van der Waals surface area contributed by atoms with Gasteiger partial charge in [-0.3, -0.25) is 4.79 Å². The van der Waals surface area contributed by atoms with E-state index < -0.39 is 24.3 Å². The van der Waals surface area contributed by atoms with Crippen LogP contribution in [0.15, 0.2) is 0 Å². The zero-order valence-corrected chi connectivity index (χ0v) is 7.70. The molecule has 5 N–H and O–H groups in total. The van der Waals surface area contributed by atoms with Crippen LogP contribution in [0, 0.1) is 0 Å². The predicted molar refractivity (Wildman–Crippen MR) is 46.6 cm³/mol. The summed E-state index contributed by atoms with van der Waals surface area (Å²) in [5.74, 6) is -1.08. The summed E-state index contributed by atoms with van der Waals surface area (Å²) in [5, 5.41) is 44.3. The number of carboxylic acids is 1. The van der Waals surface area contributed by atoms with Gasteiger partial charge in [-0.15, -0.1) is 0 Å². The third-order valence-electron chi connectivity index (χ3n) is 1.87. The van der Waals surface area contributed by atoms with Crippen LogP contribution in [0.25, 0.3) is 0 Å². The van der Waals surface area contributed by atoms with E-state index in [1.54, 1.807) is 0 Å². The highest BCUT2D eigenvalue weighted by Crippen LogP contribution is 2.08. The Hall–Kier alpha value is -0.690. The fourth-order valence-corrected chi connectivity index (χ4v) is 1.00. The second-order valence-corrected chi connectivity index (χ2v) is 3.07. The Morgan fingerprint density at radius 3 is 2.00 bits per heavy atom. The van der Waals surface area contributed by atoms with Gasteiger partial charge >= 0.3 is 5.97 Å². The summed E-state index contributed by atoms with van der Waals surface area (Å²) < 4.78 is 0. The second kappa shape index (κ2) is 6.72. The molecular formula is C8H16O6. The van der Waals surface area contributed by atoms with Crippen molar-refractivity contribution in [2.45, 2.75) is 37.6 Å². The molecule has 0 aliphatic rings. The van der Waals surface area contributed by atoms with Crippen molar-refractivity contribution in [2.24, 2.45) is 0 Å². The second-order valence-electron chi connectivity index (χ2n) is 3.07. The van der Waals surface area contributed by atoms with E-state index in [0.29, 0.717) is 0 Å². The molecule has 14 heavy (non-hydrogen) atoms. The molecule has 1 unspecified atom stereocenters. The molecular weight excluding hydrogens is 192 g/mol. The van der Waals surface area contributed by atoms with E-state index in [0.717, 1.165) is 0 Å². The first-order chi connectivity index (χ1) is 6.49. The highest BCUT2D eigenvalue weighted by atomic mass is 16.4. The molecule has 0 heterocycles. The third kappa shape index (κ3) is 5.13. The maximum Gasteiger partial charge on any atom is 0.303 e. The minimum absolute atomic E-state index is 0.0503. The van der Waals surface area contributed by atoms with E-state index in [1.807, 2.05) is 0 Å². The molecule has 0 aromatic rings. The average molecular weight is 208 g/mol. The number of aliphatic carboxylic acids is 1. The molecule has 0 aliphatic carbocycles. The average Bonchev–Trinajstić information content (AvgIpc) is 2.13. The van der Waals surface area contributed by atoms with Crippen LogP contribution >= 0.6 is 0 Å². The summed E-state index contributed by atoms with van der Waals surface area (Å²) in [6, 6.07) is 0. The minimum atomic E-state index is -1.42. The van der Waals surface area contributed by atoms with Gasteiger partial charge in [0.1, 0.15) is 6.10 Å². The first-order valence-corrected chi connectivity index (χ1v) is 4.36. The first kappa shape index (κ1) is 13.3. The molecule has 84 valence electrons. The number of hydrogen-bond donors (Lipinski definition) is 5. The number of aliphatic hydroxyl groups excluding tert-OH is 4. The van der Waals surface area contributed by atoms with E-state index >= 15 is 0 Å². The topological polar surface area (TPSA) is 118 Å². The van der Waals surface area contributed by atoms with Gasteiger partial charge in [0, 0.05) is 13.0 Å². The number of rotatable bonds is 7. The molecule has 0 radical (unpaired) electrons. The maximum atomic E-state index is 10.1. The Bertz CT molecular complexity index is 171. The molecule has 0 fully saturated rings. The Balaban J connectivity index is 3.85. The molecule has 0 bridgehead atoms. The summed E-state index contributed by atoms with van der Waals surface area (Å²) in [6.07, 6.45) is -4.38. The molecule has 0 saturated heterocycles. The number of aliphatic hydroxyl groups is 4. The van der Waals surface area contributed by atoms with Crippen LogP contribution < -0.4 is 0 Å². The zero-order chi connectivity index (χ0) is 11.1. The van der Waals surface area contributed by atoms with Crippen LogP contribution in [0.1, 0.15) is 19.3 Å². The Morgan fingerprint density at radius 1 is 1.07 bits per heavy atom. The van der Waals surface area contributed by atoms with Gasteiger partial charge in [-0.1, -0.05) is 0 Å². The minimum Gasteiger partial charge on any atom is -0.481 e. The van der Waals surface area contributed by atoms with E-state index in [2.05, 4.69) is 0 Å². The third-order valence-corrected chi connectivity index (χ3v) is 1.87. The van der Waals surface area contributed by atoms with E-state index in [9.17, 15) is 15.0 Å². The summed E-state index contributed by atoms with van der Waals surface area (Å²) in [4.78, 5) is 10.1. The fraction of sp³-hybridized carbons (Fsp3) is 0.875. The first-order valence-electron chi connectivity index (χ1n) is 4.36. The van der Waals surface area contributed by atoms with Gasteiger partial charge in [-0.25, -0.2) is 0 Å². The van der Waals surface area contributed by atoms with Gasteiger partial charge in [-0.05, 0) is 12.8 Å². The SMILES string of the molecule is O=C(O)CCC(O)[C@H](O)[C@H](O)CCO. The zero-order valence-electron chi connectivity index (χ0n) is 7.70. The van der Waals surface area contributed by atoms with Gasteiger partial charge in [0.05, 0.1) is 12.2 Å². The van der Waals surface area contributed by atoms with Crippen molar-refractivity contribution in [3.05, 3.63) is 0 Å². The van der Waals surface area contributed by atoms with E-state index in [4.69, 9.17) is 15.3 Å². The van der Waals surface area contributed by atoms with Crippen LogP contribution in [0.4, 0.5) is 0 Å². The lowest BCUT2D eigenvalue weighted by atomic mass is 10.0. The number of carbonyl (C=O) groups is 1. The predicted octanol–water partition coefficient (Wildman–Crippen LogP) is -1.68. The van der Waals surface area contributed by atoms with Gasteiger partial charge in [-0.2, -0.15) is 0 Å². The van der Waals surface area contributed by atoms with Crippen molar-refractivity contribution in [2.75, 3.05) is 6.61 Å². The van der Waals surface area contributed by atoms with Crippen LogP contribution in [0.5, 0.6) is 0 Å². The normalized spacial score (nSPS) is 17.4. The van der Waals surface area contributed by atoms with Crippen molar-refractivity contribution in [1.82, 2.24) is 0 Å². The quantitative estimate of drug-likeness (QED) is 0.341. The maximum absolute atomic E-state index is 10.1. The van der Waals surface area contributed by atoms with Crippen LogP contribution in [-0.4, -0.2) is 56.4 Å². The van der Waals surface area contributed by atoms with Gasteiger partial charge in [0.15, 0.2) is 0 Å². The number of hydrogen-bond acceptors (Lipinski definition) is 5. The highest BCUT2D eigenvalue weighted by molar-refractivity contribution is 5.66. The fourth-order valence-electron chi connectivity index (χ4n) is 1.00. The molecule has 0 spiro atoms. The summed E-state index contributed by atoms with van der Waals surface area (Å²) >= 11 is 0.